The highest BCUT2D eigenvalue weighted by Crippen LogP contribution is 2.31. The third-order valence-electron chi connectivity index (χ3n) is 3.29. The quantitative estimate of drug-likeness (QED) is 0.894. The van der Waals surface area contributed by atoms with Crippen LogP contribution in [-0.2, 0) is 16.2 Å². The Hall–Kier alpha value is -1.12. The molecule has 2 rings (SSSR count). The fraction of sp³-hybridized carbons (Fsp3) is 0.500. The van der Waals surface area contributed by atoms with Crippen molar-refractivity contribution in [2.75, 3.05) is 0 Å². The fourth-order valence-corrected chi connectivity index (χ4v) is 3.66. The summed E-state index contributed by atoms with van der Waals surface area (Å²) in [6.45, 7) is 1.34. The number of aryl methyl sites for hydroxylation is 1. The Morgan fingerprint density at radius 1 is 1.30 bits per heavy atom. The van der Waals surface area contributed by atoms with Gasteiger partial charge in [0.15, 0.2) is 0 Å². The Kier molecular flexibility index (Phi) is 3.83. The van der Waals surface area contributed by atoms with Crippen LogP contribution in [0.25, 0.3) is 0 Å². The molecule has 0 aliphatic heterocycles. The van der Waals surface area contributed by atoms with E-state index in [1.54, 1.807) is 0 Å². The third kappa shape index (κ3) is 3.13. The summed E-state index contributed by atoms with van der Waals surface area (Å²) in [6.07, 6.45) is -3.40. The highest BCUT2D eigenvalue weighted by Gasteiger charge is 2.33. The topological polar surface area (TPSA) is 72.2 Å². The summed E-state index contributed by atoms with van der Waals surface area (Å²) < 4.78 is 64.2. The van der Waals surface area contributed by atoms with Crippen LogP contribution in [0.3, 0.4) is 0 Å². The number of hydrogen-bond acceptors (Lipinski definition) is 3. The van der Waals surface area contributed by atoms with Crippen LogP contribution in [0.1, 0.15) is 24.0 Å². The summed E-state index contributed by atoms with van der Waals surface area (Å²) in [5, 5.41) is 0. The second-order valence-corrected chi connectivity index (χ2v) is 6.71. The van der Waals surface area contributed by atoms with Gasteiger partial charge in [0, 0.05) is 12.1 Å². The van der Waals surface area contributed by atoms with E-state index in [0.717, 1.165) is 18.2 Å². The summed E-state index contributed by atoms with van der Waals surface area (Å²) in [4.78, 5) is -0.133. The Bertz CT molecular complexity index is 608. The molecule has 0 heterocycles. The number of halogens is 3. The number of benzene rings is 1. The van der Waals surface area contributed by atoms with Crippen molar-refractivity contribution in [1.29, 1.82) is 0 Å². The summed E-state index contributed by atoms with van der Waals surface area (Å²) in [7, 11) is -3.81. The first-order valence-corrected chi connectivity index (χ1v) is 7.53. The van der Waals surface area contributed by atoms with Crippen LogP contribution in [0.15, 0.2) is 23.1 Å². The largest absolute Gasteiger partial charge is 0.416 e. The first-order valence-electron chi connectivity index (χ1n) is 6.05. The molecule has 0 bridgehead atoms. The monoisotopic (exact) mass is 308 g/mol. The maximum Gasteiger partial charge on any atom is 0.416 e. The average molecular weight is 308 g/mol. The van der Waals surface area contributed by atoms with E-state index < -0.39 is 21.8 Å². The van der Waals surface area contributed by atoms with Gasteiger partial charge in [-0.05, 0) is 43.5 Å². The average Bonchev–Trinajstić information content (AvgIpc) is 2.24. The SMILES string of the molecule is Cc1cc(C(F)(F)F)ccc1S(=O)(=O)NC1CC(N)C1. The van der Waals surface area contributed by atoms with Crippen LogP contribution in [-0.4, -0.2) is 20.5 Å². The van der Waals surface area contributed by atoms with Crippen molar-refractivity contribution in [3.63, 3.8) is 0 Å². The van der Waals surface area contributed by atoms with Gasteiger partial charge in [-0.3, -0.25) is 0 Å². The normalized spacial score (nSPS) is 23.4. The molecular weight excluding hydrogens is 293 g/mol. The number of rotatable bonds is 3. The Labute approximate surface area is 115 Å². The fourth-order valence-electron chi connectivity index (χ4n) is 2.17. The molecule has 1 aliphatic carbocycles. The lowest BCUT2D eigenvalue weighted by molar-refractivity contribution is -0.137. The van der Waals surface area contributed by atoms with Crippen LogP contribution < -0.4 is 10.5 Å². The van der Waals surface area contributed by atoms with E-state index in [9.17, 15) is 21.6 Å². The Balaban J connectivity index is 2.24. The van der Waals surface area contributed by atoms with Gasteiger partial charge in [-0.15, -0.1) is 0 Å². The van der Waals surface area contributed by atoms with Gasteiger partial charge in [0.05, 0.1) is 10.5 Å². The molecular formula is C12H15F3N2O2S. The zero-order valence-corrected chi connectivity index (χ0v) is 11.6. The summed E-state index contributed by atoms with van der Waals surface area (Å²) in [6, 6.07) is 2.34. The molecule has 0 unspecified atom stereocenters. The molecule has 0 atom stereocenters. The highest BCUT2D eigenvalue weighted by molar-refractivity contribution is 7.89. The standard InChI is InChI=1S/C12H15F3N2O2S/c1-7-4-8(12(13,14)15)2-3-11(7)20(18,19)17-10-5-9(16)6-10/h2-4,9-10,17H,5-6,16H2,1H3. The Morgan fingerprint density at radius 3 is 2.35 bits per heavy atom. The van der Waals surface area contributed by atoms with Gasteiger partial charge in [-0.2, -0.15) is 13.2 Å². The van der Waals surface area contributed by atoms with Crippen molar-refractivity contribution in [2.45, 2.75) is 42.9 Å². The van der Waals surface area contributed by atoms with Crippen molar-refractivity contribution in [2.24, 2.45) is 5.73 Å². The van der Waals surface area contributed by atoms with Gasteiger partial charge >= 0.3 is 6.18 Å². The third-order valence-corrected chi connectivity index (χ3v) is 4.97. The van der Waals surface area contributed by atoms with E-state index in [2.05, 4.69) is 4.72 Å². The first-order chi connectivity index (χ1) is 9.09. The minimum absolute atomic E-state index is 0.0172. The predicted octanol–water partition coefficient (Wildman–Crippen LogP) is 1.78. The number of sulfonamides is 1. The maximum absolute atomic E-state index is 12.5. The molecule has 0 aromatic heterocycles. The van der Waals surface area contributed by atoms with Gasteiger partial charge in [0.2, 0.25) is 10.0 Å². The highest BCUT2D eigenvalue weighted by atomic mass is 32.2. The molecule has 3 N–H and O–H groups in total. The first kappa shape index (κ1) is 15.3. The molecule has 0 amide bonds. The lowest BCUT2D eigenvalue weighted by Gasteiger charge is -2.32. The van der Waals surface area contributed by atoms with Gasteiger partial charge in [-0.25, -0.2) is 13.1 Å². The van der Waals surface area contributed by atoms with Crippen molar-refractivity contribution in [3.8, 4) is 0 Å². The Morgan fingerprint density at radius 2 is 1.90 bits per heavy atom. The second kappa shape index (κ2) is 5.01. The number of nitrogens with two attached hydrogens (primary N) is 1. The maximum atomic E-state index is 12.5. The van der Waals surface area contributed by atoms with Gasteiger partial charge < -0.3 is 5.73 Å². The van der Waals surface area contributed by atoms with E-state index in [4.69, 9.17) is 5.73 Å². The summed E-state index contributed by atoms with van der Waals surface area (Å²) in [5.41, 5.74) is 4.77. The number of alkyl halides is 3. The molecule has 1 fully saturated rings. The molecule has 20 heavy (non-hydrogen) atoms. The molecule has 1 aromatic carbocycles. The van der Waals surface area contributed by atoms with E-state index in [-0.39, 0.29) is 22.5 Å². The number of nitrogens with one attached hydrogen (secondary N) is 1. The summed E-state index contributed by atoms with van der Waals surface area (Å²) >= 11 is 0. The molecule has 0 radical (unpaired) electrons. The van der Waals surface area contributed by atoms with Gasteiger partial charge in [0.25, 0.3) is 0 Å². The van der Waals surface area contributed by atoms with E-state index in [0.29, 0.717) is 12.8 Å². The molecule has 0 saturated heterocycles. The summed E-state index contributed by atoms with van der Waals surface area (Å²) in [5.74, 6) is 0. The van der Waals surface area contributed by atoms with Crippen molar-refractivity contribution < 1.29 is 21.6 Å². The lowest BCUT2D eigenvalue weighted by atomic mass is 9.89. The molecule has 1 aliphatic rings. The molecule has 112 valence electrons. The van der Waals surface area contributed by atoms with Gasteiger partial charge in [-0.1, -0.05) is 0 Å². The van der Waals surface area contributed by atoms with E-state index in [1.807, 2.05) is 0 Å². The van der Waals surface area contributed by atoms with E-state index in [1.165, 1.54) is 6.92 Å². The molecule has 8 heteroatoms. The minimum atomic E-state index is -4.48. The van der Waals surface area contributed by atoms with Crippen LogP contribution in [0.4, 0.5) is 13.2 Å². The second-order valence-electron chi connectivity index (χ2n) is 5.03. The number of hydrogen-bond donors (Lipinski definition) is 2. The van der Waals surface area contributed by atoms with Crippen LogP contribution in [0.2, 0.25) is 0 Å². The van der Waals surface area contributed by atoms with Gasteiger partial charge in [0.1, 0.15) is 0 Å². The van der Waals surface area contributed by atoms with Crippen molar-refractivity contribution in [3.05, 3.63) is 29.3 Å². The zero-order chi connectivity index (χ0) is 15.1. The molecule has 0 spiro atoms. The smallest absolute Gasteiger partial charge is 0.328 e. The minimum Gasteiger partial charge on any atom is -0.328 e. The van der Waals surface area contributed by atoms with Crippen LogP contribution in [0.5, 0.6) is 0 Å². The molecule has 1 aromatic rings. The van der Waals surface area contributed by atoms with Crippen LogP contribution >= 0.6 is 0 Å². The van der Waals surface area contributed by atoms with Crippen molar-refractivity contribution in [1.82, 2.24) is 4.72 Å². The predicted molar refractivity (Wildman–Crippen MR) is 67.5 cm³/mol. The molecule has 1 saturated carbocycles. The van der Waals surface area contributed by atoms with Crippen LogP contribution in [0, 0.1) is 6.92 Å². The molecule has 4 nitrogen and oxygen atoms in total. The zero-order valence-electron chi connectivity index (χ0n) is 10.7. The lowest BCUT2D eigenvalue weighted by Crippen LogP contribution is -2.50. The van der Waals surface area contributed by atoms with Crippen molar-refractivity contribution >= 4 is 10.0 Å². The van der Waals surface area contributed by atoms with E-state index >= 15 is 0 Å².